The lowest BCUT2D eigenvalue weighted by molar-refractivity contribution is 0.0459. The van der Waals surface area contributed by atoms with Gasteiger partial charge in [-0.2, -0.15) is 5.10 Å². The van der Waals surface area contributed by atoms with E-state index in [9.17, 15) is 9.18 Å². The van der Waals surface area contributed by atoms with Crippen LogP contribution in [0.4, 0.5) is 4.39 Å². The summed E-state index contributed by atoms with van der Waals surface area (Å²) in [4.78, 5) is 12.2. The number of nitrogens with zero attached hydrogens (tertiary/aromatic N) is 2. The summed E-state index contributed by atoms with van der Waals surface area (Å²) < 4.78 is 19.9. The Labute approximate surface area is 139 Å². The number of esters is 1. The molecule has 0 spiro atoms. The molecule has 24 heavy (non-hydrogen) atoms. The second-order valence-corrected chi connectivity index (χ2v) is 5.61. The van der Waals surface area contributed by atoms with Crippen LogP contribution in [-0.4, -0.2) is 15.7 Å². The highest BCUT2D eigenvalue weighted by atomic mass is 19.1. The number of ether oxygens (including phenoxy) is 1. The number of halogens is 1. The van der Waals surface area contributed by atoms with Crippen molar-refractivity contribution < 1.29 is 13.9 Å². The molecular formula is C19H17FN2O2. The lowest BCUT2D eigenvalue weighted by Crippen LogP contribution is -2.10. The van der Waals surface area contributed by atoms with Gasteiger partial charge in [0.2, 0.25) is 0 Å². The maximum Gasteiger partial charge on any atom is 0.356 e. The molecule has 0 aliphatic rings. The Balaban J connectivity index is 1.74. The molecule has 5 heteroatoms. The smallest absolute Gasteiger partial charge is 0.356 e. The number of carbonyl (C=O) groups is 1. The van der Waals surface area contributed by atoms with Gasteiger partial charge < -0.3 is 4.74 Å². The molecule has 0 N–H and O–H groups in total. The first-order valence-electron chi connectivity index (χ1n) is 7.55. The number of hydrogen-bond donors (Lipinski definition) is 0. The molecule has 2 aromatic carbocycles. The third-order valence-corrected chi connectivity index (χ3v) is 3.70. The van der Waals surface area contributed by atoms with Crippen LogP contribution in [0.1, 0.15) is 21.6 Å². The molecule has 0 amide bonds. The van der Waals surface area contributed by atoms with Crippen molar-refractivity contribution >= 4 is 5.97 Å². The molecule has 0 radical (unpaired) electrons. The van der Waals surface area contributed by atoms with Crippen LogP contribution < -0.4 is 0 Å². The summed E-state index contributed by atoms with van der Waals surface area (Å²) in [7, 11) is 1.69. The fourth-order valence-electron chi connectivity index (χ4n) is 2.37. The average Bonchev–Trinajstić information content (AvgIpc) is 2.95. The summed E-state index contributed by atoms with van der Waals surface area (Å²) >= 11 is 0. The minimum absolute atomic E-state index is 0.0155. The predicted molar refractivity (Wildman–Crippen MR) is 88.9 cm³/mol. The zero-order valence-electron chi connectivity index (χ0n) is 13.5. The van der Waals surface area contributed by atoms with Gasteiger partial charge in [0.1, 0.15) is 18.1 Å². The van der Waals surface area contributed by atoms with Crippen molar-refractivity contribution in [2.75, 3.05) is 0 Å². The molecule has 122 valence electrons. The van der Waals surface area contributed by atoms with Crippen LogP contribution >= 0.6 is 0 Å². The Morgan fingerprint density at radius 1 is 1.17 bits per heavy atom. The van der Waals surface area contributed by atoms with Gasteiger partial charge in [0.05, 0.1) is 5.69 Å². The normalized spacial score (nSPS) is 10.6. The Morgan fingerprint density at radius 2 is 1.92 bits per heavy atom. The van der Waals surface area contributed by atoms with Gasteiger partial charge >= 0.3 is 5.97 Å². The highest BCUT2D eigenvalue weighted by molar-refractivity contribution is 5.89. The van der Waals surface area contributed by atoms with E-state index >= 15 is 0 Å². The van der Waals surface area contributed by atoms with Gasteiger partial charge in [-0.1, -0.05) is 42.0 Å². The fraction of sp³-hybridized carbons (Fsp3) is 0.158. The molecule has 0 bridgehead atoms. The third-order valence-electron chi connectivity index (χ3n) is 3.70. The van der Waals surface area contributed by atoms with Crippen molar-refractivity contribution in [3.05, 3.63) is 77.2 Å². The number of aryl methyl sites for hydroxylation is 2. The average molecular weight is 324 g/mol. The first kappa shape index (κ1) is 15.9. The van der Waals surface area contributed by atoms with Crippen LogP contribution in [0.15, 0.2) is 54.6 Å². The maximum absolute atomic E-state index is 13.1. The Morgan fingerprint density at radius 3 is 2.62 bits per heavy atom. The number of benzene rings is 2. The molecule has 1 aromatic heterocycles. The largest absolute Gasteiger partial charge is 0.456 e. The highest BCUT2D eigenvalue weighted by Gasteiger charge is 2.16. The zero-order chi connectivity index (χ0) is 17.1. The molecule has 1 heterocycles. The van der Waals surface area contributed by atoms with E-state index in [2.05, 4.69) is 5.10 Å². The predicted octanol–water partition coefficient (Wildman–Crippen LogP) is 3.89. The molecule has 0 saturated heterocycles. The van der Waals surface area contributed by atoms with Gasteiger partial charge in [-0.25, -0.2) is 9.18 Å². The molecular weight excluding hydrogens is 307 g/mol. The van der Waals surface area contributed by atoms with Crippen molar-refractivity contribution in [2.24, 2.45) is 7.05 Å². The number of hydrogen-bond acceptors (Lipinski definition) is 3. The van der Waals surface area contributed by atoms with Crippen molar-refractivity contribution in [2.45, 2.75) is 13.5 Å². The third kappa shape index (κ3) is 3.51. The van der Waals surface area contributed by atoms with E-state index in [1.807, 2.05) is 31.2 Å². The number of rotatable bonds is 4. The van der Waals surface area contributed by atoms with E-state index in [0.717, 1.165) is 11.1 Å². The van der Waals surface area contributed by atoms with E-state index in [4.69, 9.17) is 4.74 Å². The Hall–Kier alpha value is -2.95. The molecule has 0 saturated carbocycles. The van der Waals surface area contributed by atoms with Crippen molar-refractivity contribution in [3.63, 3.8) is 0 Å². The summed E-state index contributed by atoms with van der Waals surface area (Å²) in [5.74, 6) is -0.849. The van der Waals surface area contributed by atoms with E-state index < -0.39 is 5.97 Å². The second kappa shape index (κ2) is 6.66. The Bertz CT molecular complexity index is 869. The second-order valence-electron chi connectivity index (χ2n) is 5.61. The van der Waals surface area contributed by atoms with Gasteiger partial charge in [-0.05, 0) is 30.7 Å². The van der Waals surface area contributed by atoms with E-state index in [0.29, 0.717) is 17.0 Å². The SMILES string of the molecule is Cc1ccc(-c2cc(C(=O)OCc3cccc(F)c3)n(C)n2)cc1. The van der Waals surface area contributed by atoms with Gasteiger partial charge in [0, 0.05) is 12.6 Å². The summed E-state index contributed by atoms with van der Waals surface area (Å²) in [5.41, 5.74) is 3.74. The first-order chi connectivity index (χ1) is 11.5. The molecule has 0 fully saturated rings. The maximum atomic E-state index is 13.1. The van der Waals surface area contributed by atoms with Crippen LogP contribution in [0.5, 0.6) is 0 Å². The topological polar surface area (TPSA) is 44.1 Å². The lowest BCUT2D eigenvalue weighted by atomic mass is 10.1. The Kier molecular flexibility index (Phi) is 4.42. The molecule has 0 unspecified atom stereocenters. The van der Waals surface area contributed by atoms with E-state index in [1.54, 1.807) is 25.2 Å². The minimum atomic E-state index is -0.493. The summed E-state index contributed by atoms with van der Waals surface area (Å²) in [6.07, 6.45) is 0. The monoisotopic (exact) mass is 324 g/mol. The quantitative estimate of drug-likeness (QED) is 0.684. The van der Waals surface area contributed by atoms with Gasteiger partial charge in [-0.3, -0.25) is 4.68 Å². The summed E-state index contributed by atoms with van der Waals surface area (Å²) in [6.45, 7) is 2.03. The first-order valence-corrected chi connectivity index (χ1v) is 7.55. The fourth-order valence-corrected chi connectivity index (χ4v) is 2.37. The molecule has 4 nitrogen and oxygen atoms in total. The van der Waals surface area contributed by atoms with E-state index in [1.165, 1.54) is 16.8 Å². The van der Waals surface area contributed by atoms with Crippen LogP contribution in [0, 0.1) is 12.7 Å². The number of carbonyl (C=O) groups excluding carboxylic acids is 1. The van der Waals surface area contributed by atoms with Gasteiger partial charge in [0.25, 0.3) is 0 Å². The highest BCUT2D eigenvalue weighted by Crippen LogP contribution is 2.20. The van der Waals surface area contributed by atoms with Crippen molar-refractivity contribution in [3.8, 4) is 11.3 Å². The molecule has 0 aliphatic carbocycles. The van der Waals surface area contributed by atoms with Crippen LogP contribution in [0.3, 0.4) is 0 Å². The molecule has 3 aromatic rings. The van der Waals surface area contributed by atoms with Crippen LogP contribution in [0.25, 0.3) is 11.3 Å². The van der Waals surface area contributed by atoms with Gasteiger partial charge in [0.15, 0.2) is 0 Å². The van der Waals surface area contributed by atoms with E-state index in [-0.39, 0.29) is 12.4 Å². The standard InChI is InChI=1S/C19H17FN2O2/c1-13-6-8-15(9-7-13)17-11-18(22(2)21-17)19(23)24-12-14-4-3-5-16(20)10-14/h3-11H,12H2,1-2H3. The zero-order valence-corrected chi connectivity index (χ0v) is 13.5. The number of aromatic nitrogens is 2. The van der Waals surface area contributed by atoms with Crippen LogP contribution in [0.2, 0.25) is 0 Å². The molecule has 0 atom stereocenters. The van der Waals surface area contributed by atoms with Crippen molar-refractivity contribution in [1.82, 2.24) is 9.78 Å². The molecule has 0 aliphatic heterocycles. The lowest BCUT2D eigenvalue weighted by Gasteiger charge is -2.04. The summed E-state index contributed by atoms with van der Waals surface area (Å²) in [6, 6.07) is 15.6. The minimum Gasteiger partial charge on any atom is -0.456 e. The van der Waals surface area contributed by atoms with Crippen LogP contribution in [-0.2, 0) is 18.4 Å². The van der Waals surface area contributed by atoms with Gasteiger partial charge in [-0.15, -0.1) is 0 Å². The van der Waals surface area contributed by atoms with Crippen molar-refractivity contribution in [1.29, 1.82) is 0 Å². The molecule has 3 rings (SSSR count). The summed E-state index contributed by atoms with van der Waals surface area (Å²) in [5, 5.41) is 4.36.